The van der Waals surface area contributed by atoms with Gasteiger partial charge in [0.25, 0.3) is 8.32 Å². The van der Waals surface area contributed by atoms with Gasteiger partial charge >= 0.3 is 5.97 Å². The van der Waals surface area contributed by atoms with E-state index in [9.17, 15) is 9.90 Å². The fourth-order valence-electron chi connectivity index (χ4n) is 6.45. The van der Waals surface area contributed by atoms with E-state index in [-0.39, 0.29) is 10.5 Å². The lowest BCUT2D eigenvalue weighted by Gasteiger charge is -2.37. The Hall–Kier alpha value is -2.35. The molecule has 1 aliphatic rings. The van der Waals surface area contributed by atoms with Crippen molar-refractivity contribution in [2.24, 2.45) is 0 Å². The Morgan fingerprint density at radius 1 is 0.894 bits per heavy atom. The summed E-state index contributed by atoms with van der Waals surface area (Å²) in [5, 5.41) is 10.1. The summed E-state index contributed by atoms with van der Waals surface area (Å²) in [7, 11) is -2.23. The molecule has 3 aromatic carbocycles. The predicted molar refractivity (Wildman–Crippen MR) is 209 cm³/mol. The van der Waals surface area contributed by atoms with Gasteiger partial charge in [0.05, 0.1) is 0 Å². The number of unbranched alkanes of at least 4 members (excludes halogenated alkanes) is 2. The molecule has 0 heterocycles. The molecule has 254 valence electrons. The summed E-state index contributed by atoms with van der Waals surface area (Å²) in [4.78, 5) is 14.8. The number of allylic oxidation sites excluding steroid dienone is 1. The van der Waals surface area contributed by atoms with Crippen LogP contribution in [-0.4, -0.2) is 32.5 Å². The van der Waals surface area contributed by atoms with Gasteiger partial charge in [0.2, 0.25) is 0 Å². The molecule has 0 amide bonds. The molecule has 0 aromatic heterocycles. The highest BCUT2D eigenvalue weighted by atomic mass is 79.9. The monoisotopic (exact) mass is 781 g/mol. The largest absolute Gasteiger partial charge is 0.543 e. The first kappa shape index (κ1) is 37.5. The van der Waals surface area contributed by atoms with Gasteiger partial charge in [-0.1, -0.05) is 98.4 Å². The summed E-state index contributed by atoms with van der Waals surface area (Å²) in [5.41, 5.74) is 7.85. The van der Waals surface area contributed by atoms with E-state index < -0.39 is 14.3 Å². The van der Waals surface area contributed by atoms with Crippen LogP contribution in [0.1, 0.15) is 103 Å². The number of carboxylic acids is 1. The molecule has 0 bridgehead atoms. The van der Waals surface area contributed by atoms with E-state index in [1.54, 1.807) is 0 Å². The summed E-state index contributed by atoms with van der Waals surface area (Å²) >= 11 is 7.43. The van der Waals surface area contributed by atoms with Crippen molar-refractivity contribution in [2.45, 2.75) is 110 Å². The highest BCUT2D eigenvalue weighted by molar-refractivity contribution is 9.10. The number of hydrogen-bond acceptors (Lipinski definition) is 3. The summed E-state index contributed by atoms with van der Waals surface area (Å²) < 4.78 is 9.19. The maximum absolute atomic E-state index is 12.3. The Kier molecular flexibility index (Phi) is 12.3. The molecule has 0 aliphatic heterocycles. The fraction of sp³-hybridized carbons (Fsp3) is 0.475. The van der Waals surface area contributed by atoms with E-state index >= 15 is 0 Å². The zero-order valence-electron chi connectivity index (χ0n) is 29.6. The van der Waals surface area contributed by atoms with Crippen LogP contribution in [0.25, 0.3) is 16.7 Å². The second-order valence-corrected chi connectivity index (χ2v) is 21.4. The van der Waals surface area contributed by atoms with E-state index in [1.165, 1.54) is 28.3 Å². The van der Waals surface area contributed by atoms with Gasteiger partial charge in [0, 0.05) is 50.8 Å². The number of carboxylic acid groups (broad SMARTS) is 1. The average Bonchev–Trinajstić information content (AvgIpc) is 3.22. The molecule has 0 saturated carbocycles. The third-order valence-corrected chi connectivity index (χ3v) is 15.6. The molecule has 1 aliphatic carbocycles. The second-order valence-electron chi connectivity index (χ2n) is 14.8. The molecule has 3 aromatic rings. The van der Waals surface area contributed by atoms with Gasteiger partial charge in [-0.05, 0) is 114 Å². The quantitative estimate of drug-likeness (QED) is 0.123. The van der Waals surface area contributed by atoms with E-state index in [4.69, 9.17) is 4.43 Å². The van der Waals surface area contributed by atoms with E-state index in [2.05, 4.69) is 146 Å². The maximum Gasteiger partial charge on any atom is 0.328 e. The molecule has 0 fully saturated rings. The van der Waals surface area contributed by atoms with Crippen LogP contribution < -0.4 is 9.33 Å². The molecule has 0 radical (unpaired) electrons. The number of halogens is 2. The van der Waals surface area contributed by atoms with Crippen LogP contribution in [-0.2, 0) is 10.2 Å². The second kappa shape index (κ2) is 15.5. The van der Waals surface area contributed by atoms with Crippen LogP contribution >= 0.6 is 31.9 Å². The normalized spacial score (nSPS) is 14.1. The molecule has 0 atom stereocenters. The van der Waals surface area contributed by atoms with Gasteiger partial charge in [-0.3, -0.25) is 0 Å². The number of fused-ring (bicyclic) bond motifs is 3. The summed E-state index contributed by atoms with van der Waals surface area (Å²) in [6, 6.07) is 19.6. The molecule has 4 rings (SSSR count). The summed E-state index contributed by atoms with van der Waals surface area (Å²) in [6.07, 6.45) is 8.30. The molecule has 0 saturated heterocycles. The van der Waals surface area contributed by atoms with Crippen LogP contribution in [0.2, 0.25) is 18.1 Å². The summed E-state index contributed by atoms with van der Waals surface area (Å²) in [6.45, 7) is 20.1. The number of carbonyl (C=O) groups is 1. The Labute approximate surface area is 301 Å². The highest BCUT2D eigenvalue weighted by Crippen LogP contribution is 2.53. The van der Waals surface area contributed by atoms with E-state index in [1.807, 2.05) is 0 Å². The molecule has 0 unspecified atom stereocenters. The smallest absolute Gasteiger partial charge is 0.328 e. The molecular weight excluding hydrogens is 730 g/mol. The minimum Gasteiger partial charge on any atom is -0.543 e. The van der Waals surface area contributed by atoms with Gasteiger partial charge in [-0.2, -0.15) is 0 Å². The Bertz CT molecular complexity index is 1550. The highest BCUT2D eigenvalue weighted by Gasteiger charge is 2.41. The van der Waals surface area contributed by atoms with Crippen molar-refractivity contribution in [3.05, 3.63) is 86.3 Å². The minimum absolute atomic E-state index is 0.00144. The van der Waals surface area contributed by atoms with Crippen molar-refractivity contribution in [3.63, 3.8) is 0 Å². The van der Waals surface area contributed by atoms with Crippen molar-refractivity contribution in [1.82, 2.24) is 0 Å². The first-order chi connectivity index (χ1) is 22.1. The zero-order valence-corrected chi connectivity index (χ0v) is 33.8. The third kappa shape index (κ3) is 8.63. The van der Waals surface area contributed by atoms with Crippen LogP contribution in [0.3, 0.4) is 0 Å². The van der Waals surface area contributed by atoms with Crippen LogP contribution in [0.5, 0.6) is 5.75 Å². The third-order valence-electron chi connectivity index (χ3n) is 10.3. The number of benzene rings is 3. The first-order valence-electron chi connectivity index (χ1n) is 17.2. The van der Waals surface area contributed by atoms with Gasteiger partial charge < -0.3 is 14.4 Å². The predicted octanol–water partition coefficient (Wildman–Crippen LogP) is 12.6. The Morgan fingerprint density at radius 2 is 1.45 bits per heavy atom. The van der Waals surface area contributed by atoms with Gasteiger partial charge in [-0.25, -0.2) is 4.79 Å². The average molecular weight is 784 g/mol. The molecule has 1 N–H and O–H groups in total. The van der Waals surface area contributed by atoms with Gasteiger partial charge in [0.1, 0.15) is 5.75 Å². The topological polar surface area (TPSA) is 49.8 Å². The number of nitrogens with zero attached hydrogens (tertiary/aromatic N) is 1. The standard InChI is InChI=1S/C40H53Br2NO3Si/c1-9-11-22-43(23-12-10-2)31-17-20-32(37(27-31)46-47(7,8)39(3,4)5)28(24-38(44)45)14-13-21-40(6)35-25-29(41)15-18-33(35)34-19-16-30(42)26-36(34)40/h15-20,24-27H,9-14,21-23H2,1-8H3,(H,44,45)/b28-24+. The Balaban J connectivity index is 1.72. The van der Waals surface area contributed by atoms with E-state index in [0.29, 0.717) is 6.42 Å². The first-order valence-corrected chi connectivity index (χ1v) is 21.7. The number of hydrogen-bond donors (Lipinski definition) is 1. The van der Waals surface area contributed by atoms with Crippen molar-refractivity contribution >= 4 is 57.4 Å². The lowest BCUT2D eigenvalue weighted by atomic mass is 9.75. The van der Waals surface area contributed by atoms with Crippen molar-refractivity contribution < 1.29 is 14.3 Å². The number of rotatable bonds is 15. The van der Waals surface area contributed by atoms with Crippen LogP contribution in [0.15, 0.2) is 69.6 Å². The van der Waals surface area contributed by atoms with Crippen molar-refractivity contribution in [1.29, 1.82) is 0 Å². The molecule has 7 heteroatoms. The molecule has 4 nitrogen and oxygen atoms in total. The summed E-state index contributed by atoms with van der Waals surface area (Å²) in [5.74, 6) is -0.110. The maximum atomic E-state index is 12.3. The van der Waals surface area contributed by atoms with Gasteiger partial charge in [-0.15, -0.1) is 0 Å². The fourth-order valence-corrected chi connectivity index (χ4v) is 8.20. The van der Waals surface area contributed by atoms with Crippen LogP contribution in [0.4, 0.5) is 5.69 Å². The SMILES string of the molecule is CCCCN(CCCC)c1ccc(/C(=C/C(=O)O)CCCC2(C)c3cc(Br)ccc3-c3ccc(Br)cc32)c(O[Si](C)(C)C(C)(C)C)c1. The Morgan fingerprint density at radius 3 is 1.94 bits per heavy atom. The van der Waals surface area contributed by atoms with E-state index in [0.717, 1.165) is 83.1 Å². The minimum atomic E-state index is -2.23. The van der Waals surface area contributed by atoms with Crippen molar-refractivity contribution in [2.75, 3.05) is 18.0 Å². The molecule has 0 spiro atoms. The van der Waals surface area contributed by atoms with Crippen molar-refractivity contribution in [3.8, 4) is 16.9 Å². The lowest BCUT2D eigenvalue weighted by molar-refractivity contribution is -0.131. The number of anilines is 1. The molecule has 47 heavy (non-hydrogen) atoms. The lowest BCUT2D eigenvalue weighted by Crippen LogP contribution is -2.44. The van der Waals surface area contributed by atoms with Crippen LogP contribution in [0, 0.1) is 0 Å². The number of aliphatic carboxylic acids is 1. The zero-order chi connectivity index (χ0) is 34.6. The molecular formula is C40H53Br2NO3Si. The van der Waals surface area contributed by atoms with Gasteiger partial charge in [0.15, 0.2) is 0 Å².